The molecule has 3 rings (SSSR count). The van der Waals surface area contributed by atoms with Gasteiger partial charge in [-0.2, -0.15) is 10.2 Å². The van der Waals surface area contributed by atoms with E-state index in [1.165, 1.54) is 11.3 Å². The van der Waals surface area contributed by atoms with Gasteiger partial charge >= 0.3 is 0 Å². The van der Waals surface area contributed by atoms with Crippen LogP contribution < -0.4 is 0 Å². The molecule has 0 fully saturated rings. The standard InChI is InChI=1S/C15H16N4/c1-12-10-13(2)19(17-12)11-14-6-3-4-7-15(14)18-9-5-8-16-18/h3-10H,11H2,1-2H3. The molecule has 96 valence electrons. The van der Waals surface area contributed by atoms with Crippen LogP contribution in [0, 0.1) is 13.8 Å². The van der Waals surface area contributed by atoms with Gasteiger partial charge in [-0.15, -0.1) is 0 Å². The molecule has 0 aliphatic heterocycles. The van der Waals surface area contributed by atoms with Gasteiger partial charge in [0.1, 0.15) is 0 Å². The molecule has 3 aromatic rings. The molecule has 19 heavy (non-hydrogen) atoms. The van der Waals surface area contributed by atoms with E-state index in [1.54, 1.807) is 6.20 Å². The molecule has 0 aliphatic rings. The number of hydrogen-bond acceptors (Lipinski definition) is 2. The Morgan fingerprint density at radius 1 is 1.11 bits per heavy atom. The SMILES string of the molecule is Cc1cc(C)n(Cc2ccccc2-n2cccn2)n1. The molecule has 2 heterocycles. The minimum absolute atomic E-state index is 0.760. The lowest BCUT2D eigenvalue weighted by Gasteiger charge is -2.10. The summed E-state index contributed by atoms with van der Waals surface area (Å²) in [5, 5.41) is 8.82. The predicted octanol–water partition coefficient (Wildman–Crippen LogP) is 2.73. The van der Waals surface area contributed by atoms with Gasteiger partial charge in [-0.1, -0.05) is 18.2 Å². The molecule has 0 saturated heterocycles. The summed E-state index contributed by atoms with van der Waals surface area (Å²) in [6, 6.07) is 12.3. The van der Waals surface area contributed by atoms with Crippen molar-refractivity contribution in [2.45, 2.75) is 20.4 Å². The fourth-order valence-corrected chi connectivity index (χ4v) is 2.28. The van der Waals surface area contributed by atoms with Crippen LogP contribution in [0.2, 0.25) is 0 Å². The van der Waals surface area contributed by atoms with Gasteiger partial charge in [-0.25, -0.2) is 4.68 Å². The maximum Gasteiger partial charge on any atom is 0.0696 e. The van der Waals surface area contributed by atoms with Gasteiger partial charge in [-0.05, 0) is 37.6 Å². The predicted molar refractivity (Wildman–Crippen MR) is 74.4 cm³/mol. The van der Waals surface area contributed by atoms with Crippen LogP contribution in [0.1, 0.15) is 17.0 Å². The number of aromatic nitrogens is 4. The summed E-state index contributed by atoms with van der Waals surface area (Å²) < 4.78 is 3.92. The first-order valence-electron chi connectivity index (χ1n) is 6.33. The van der Waals surface area contributed by atoms with Gasteiger partial charge in [0.25, 0.3) is 0 Å². The van der Waals surface area contributed by atoms with E-state index in [0.29, 0.717) is 0 Å². The summed E-state index contributed by atoms with van der Waals surface area (Å²) in [6.45, 7) is 4.86. The van der Waals surface area contributed by atoms with E-state index in [9.17, 15) is 0 Å². The second-order valence-corrected chi connectivity index (χ2v) is 4.66. The van der Waals surface area contributed by atoms with Crippen LogP contribution in [0.15, 0.2) is 48.8 Å². The average Bonchev–Trinajstić information content (AvgIpc) is 3.01. The normalized spacial score (nSPS) is 10.8. The first kappa shape index (κ1) is 11.7. The van der Waals surface area contributed by atoms with E-state index in [-0.39, 0.29) is 0 Å². The Bertz CT molecular complexity index is 680. The summed E-state index contributed by atoms with van der Waals surface area (Å²) in [5.74, 6) is 0. The number of aryl methyl sites for hydroxylation is 2. The van der Waals surface area contributed by atoms with Crippen LogP contribution >= 0.6 is 0 Å². The van der Waals surface area contributed by atoms with Crippen molar-refractivity contribution in [1.29, 1.82) is 0 Å². The fraction of sp³-hybridized carbons (Fsp3) is 0.200. The van der Waals surface area contributed by atoms with Crippen LogP contribution in [0.25, 0.3) is 5.69 Å². The average molecular weight is 252 g/mol. The fourth-order valence-electron chi connectivity index (χ4n) is 2.28. The molecule has 0 unspecified atom stereocenters. The van der Waals surface area contributed by atoms with E-state index in [4.69, 9.17) is 0 Å². The van der Waals surface area contributed by atoms with E-state index >= 15 is 0 Å². The molecule has 0 N–H and O–H groups in total. The number of benzene rings is 1. The lowest BCUT2D eigenvalue weighted by Crippen LogP contribution is -2.08. The summed E-state index contributed by atoms with van der Waals surface area (Å²) in [6.07, 6.45) is 3.75. The molecule has 0 bridgehead atoms. The third kappa shape index (κ3) is 2.29. The molecule has 0 saturated carbocycles. The summed E-state index contributed by atoms with van der Waals surface area (Å²) in [4.78, 5) is 0. The van der Waals surface area contributed by atoms with E-state index < -0.39 is 0 Å². The lowest BCUT2D eigenvalue weighted by atomic mass is 10.2. The van der Waals surface area contributed by atoms with Crippen molar-refractivity contribution in [2.75, 3.05) is 0 Å². The summed E-state index contributed by atoms with van der Waals surface area (Å²) in [7, 11) is 0. The summed E-state index contributed by atoms with van der Waals surface area (Å²) in [5.41, 5.74) is 4.53. The largest absolute Gasteiger partial charge is 0.265 e. The Morgan fingerprint density at radius 3 is 2.63 bits per heavy atom. The molecule has 0 amide bonds. The van der Waals surface area contributed by atoms with Crippen molar-refractivity contribution in [3.8, 4) is 5.69 Å². The Kier molecular flexibility index (Phi) is 2.91. The Labute approximate surface area is 112 Å². The van der Waals surface area contributed by atoms with Crippen LogP contribution in [0.4, 0.5) is 0 Å². The number of para-hydroxylation sites is 1. The van der Waals surface area contributed by atoms with Crippen molar-refractivity contribution >= 4 is 0 Å². The van der Waals surface area contributed by atoms with Gasteiger partial charge in [0, 0.05) is 18.1 Å². The van der Waals surface area contributed by atoms with Crippen LogP contribution in [-0.4, -0.2) is 19.6 Å². The number of nitrogens with zero attached hydrogens (tertiary/aromatic N) is 4. The molecule has 1 aromatic carbocycles. The number of hydrogen-bond donors (Lipinski definition) is 0. The highest BCUT2D eigenvalue weighted by Gasteiger charge is 2.07. The molecular weight excluding hydrogens is 236 g/mol. The van der Waals surface area contributed by atoms with Crippen molar-refractivity contribution < 1.29 is 0 Å². The van der Waals surface area contributed by atoms with Gasteiger partial charge < -0.3 is 0 Å². The monoisotopic (exact) mass is 252 g/mol. The molecular formula is C15H16N4. The van der Waals surface area contributed by atoms with Crippen molar-refractivity contribution in [3.63, 3.8) is 0 Å². The van der Waals surface area contributed by atoms with Crippen molar-refractivity contribution in [1.82, 2.24) is 19.6 Å². The maximum absolute atomic E-state index is 4.51. The van der Waals surface area contributed by atoms with Gasteiger partial charge in [0.05, 0.1) is 17.9 Å². The van der Waals surface area contributed by atoms with Crippen LogP contribution in [0.5, 0.6) is 0 Å². The second-order valence-electron chi connectivity index (χ2n) is 4.66. The first-order chi connectivity index (χ1) is 9.24. The van der Waals surface area contributed by atoms with Crippen molar-refractivity contribution in [2.24, 2.45) is 0 Å². The molecule has 4 heteroatoms. The lowest BCUT2D eigenvalue weighted by molar-refractivity contribution is 0.654. The molecule has 0 atom stereocenters. The molecule has 0 spiro atoms. The highest BCUT2D eigenvalue weighted by Crippen LogP contribution is 2.15. The zero-order chi connectivity index (χ0) is 13.2. The molecule has 0 radical (unpaired) electrons. The second kappa shape index (κ2) is 4.72. The van der Waals surface area contributed by atoms with Crippen LogP contribution in [-0.2, 0) is 6.54 Å². The molecule has 0 aliphatic carbocycles. The minimum atomic E-state index is 0.760. The highest BCUT2D eigenvalue weighted by atomic mass is 15.3. The zero-order valence-electron chi connectivity index (χ0n) is 11.1. The molecule has 4 nitrogen and oxygen atoms in total. The minimum Gasteiger partial charge on any atom is -0.265 e. The Balaban J connectivity index is 2.00. The first-order valence-corrected chi connectivity index (χ1v) is 6.33. The van der Waals surface area contributed by atoms with Gasteiger partial charge in [0.2, 0.25) is 0 Å². The highest BCUT2D eigenvalue weighted by molar-refractivity contribution is 5.40. The van der Waals surface area contributed by atoms with Gasteiger partial charge in [0.15, 0.2) is 0 Å². The van der Waals surface area contributed by atoms with E-state index in [0.717, 1.165) is 17.9 Å². The third-order valence-corrected chi connectivity index (χ3v) is 3.17. The topological polar surface area (TPSA) is 35.6 Å². The number of rotatable bonds is 3. The Hall–Kier alpha value is -2.36. The third-order valence-electron chi connectivity index (χ3n) is 3.17. The smallest absolute Gasteiger partial charge is 0.0696 e. The summed E-state index contributed by atoms with van der Waals surface area (Å²) >= 11 is 0. The van der Waals surface area contributed by atoms with Gasteiger partial charge in [-0.3, -0.25) is 4.68 Å². The zero-order valence-corrected chi connectivity index (χ0v) is 11.1. The maximum atomic E-state index is 4.51. The molecule has 2 aromatic heterocycles. The van der Waals surface area contributed by atoms with Crippen molar-refractivity contribution in [3.05, 3.63) is 65.7 Å². The quantitative estimate of drug-likeness (QED) is 0.718. The Morgan fingerprint density at radius 2 is 1.95 bits per heavy atom. The van der Waals surface area contributed by atoms with E-state index in [2.05, 4.69) is 35.3 Å². The van der Waals surface area contributed by atoms with Crippen LogP contribution in [0.3, 0.4) is 0 Å². The van der Waals surface area contributed by atoms with E-state index in [1.807, 2.05) is 40.7 Å².